The van der Waals surface area contributed by atoms with Crippen LogP contribution in [0.2, 0.25) is 6.82 Å². The van der Waals surface area contributed by atoms with Crippen molar-refractivity contribution >= 4 is 18.4 Å². The summed E-state index contributed by atoms with van der Waals surface area (Å²) in [6.07, 6.45) is 0. The molecule has 18 heavy (non-hydrogen) atoms. The lowest BCUT2D eigenvalue weighted by Crippen LogP contribution is -2.51. The number of hydrogen-bond donors (Lipinski definition) is 1. The first kappa shape index (κ1) is 12.9. The fourth-order valence-electron chi connectivity index (χ4n) is 2.14. The zero-order valence-corrected chi connectivity index (χ0v) is 10.3. The predicted octanol–water partition coefficient (Wildman–Crippen LogP) is 0.827. The fraction of sp³-hybridized carbons (Fsp3) is 0.455. The molecular formula is C11H16BN3O3. The minimum absolute atomic E-state index is 0.112. The Bertz CT molecular complexity index is 416. The Morgan fingerprint density at radius 1 is 1.22 bits per heavy atom. The van der Waals surface area contributed by atoms with Gasteiger partial charge in [-0.25, -0.2) is 0 Å². The first-order chi connectivity index (χ1) is 8.58. The van der Waals surface area contributed by atoms with Crippen molar-refractivity contribution in [1.82, 2.24) is 4.81 Å². The van der Waals surface area contributed by atoms with Crippen molar-refractivity contribution in [2.75, 3.05) is 31.1 Å². The molecule has 1 saturated heterocycles. The van der Waals surface area contributed by atoms with Gasteiger partial charge in [0, 0.05) is 44.0 Å². The van der Waals surface area contributed by atoms with Crippen LogP contribution in [0.5, 0.6) is 0 Å². The van der Waals surface area contributed by atoms with Crippen molar-refractivity contribution in [3.05, 3.63) is 34.4 Å². The van der Waals surface area contributed by atoms with Crippen LogP contribution in [0.4, 0.5) is 11.4 Å². The van der Waals surface area contributed by atoms with Crippen molar-refractivity contribution in [1.29, 1.82) is 0 Å². The van der Waals surface area contributed by atoms with E-state index >= 15 is 0 Å². The van der Waals surface area contributed by atoms with E-state index in [1.54, 1.807) is 19.0 Å². The van der Waals surface area contributed by atoms with Gasteiger partial charge in [-0.2, -0.15) is 0 Å². The Morgan fingerprint density at radius 2 is 1.78 bits per heavy atom. The normalized spacial score (nSPS) is 16.7. The third-order valence-corrected chi connectivity index (χ3v) is 3.27. The Labute approximate surface area is 106 Å². The number of nitro groups is 1. The zero-order valence-electron chi connectivity index (χ0n) is 10.3. The molecule has 1 fully saturated rings. The summed E-state index contributed by atoms with van der Waals surface area (Å²) in [5, 5.41) is 20.0. The maximum Gasteiger partial charge on any atom is 0.376 e. The fourth-order valence-corrected chi connectivity index (χ4v) is 2.14. The van der Waals surface area contributed by atoms with Crippen molar-refractivity contribution in [2.24, 2.45) is 0 Å². The summed E-state index contributed by atoms with van der Waals surface area (Å²) in [5.74, 6) is 0. The van der Waals surface area contributed by atoms with Crippen molar-refractivity contribution < 1.29 is 9.95 Å². The van der Waals surface area contributed by atoms with Crippen LogP contribution in [-0.4, -0.2) is 48.0 Å². The van der Waals surface area contributed by atoms with Crippen molar-refractivity contribution in [3.63, 3.8) is 0 Å². The molecule has 6 nitrogen and oxygen atoms in total. The average Bonchev–Trinajstić information content (AvgIpc) is 2.39. The molecule has 0 aromatic heterocycles. The topological polar surface area (TPSA) is 69.8 Å². The van der Waals surface area contributed by atoms with E-state index in [0.717, 1.165) is 31.9 Å². The lowest BCUT2D eigenvalue weighted by atomic mass is 9.84. The highest BCUT2D eigenvalue weighted by Gasteiger charge is 2.22. The minimum Gasteiger partial charge on any atom is -0.437 e. The van der Waals surface area contributed by atoms with E-state index in [4.69, 9.17) is 0 Å². The van der Waals surface area contributed by atoms with Gasteiger partial charge in [-0.3, -0.25) is 10.1 Å². The number of rotatable bonds is 3. The summed E-state index contributed by atoms with van der Waals surface area (Å²) < 4.78 is 0. The van der Waals surface area contributed by atoms with E-state index in [1.165, 1.54) is 12.1 Å². The quantitative estimate of drug-likeness (QED) is 0.488. The van der Waals surface area contributed by atoms with Crippen LogP contribution in [0, 0.1) is 10.1 Å². The Balaban J connectivity index is 1.99. The molecule has 96 valence electrons. The highest BCUT2D eigenvalue weighted by molar-refractivity contribution is 6.45. The maximum atomic E-state index is 10.6. The van der Waals surface area contributed by atoms with Gasteiger partial charge in [0.1, 0.15) is 0 Å². The van der Waals surface area contributed by atoms with E-state index in [1.807, 2.05) is 4.81 Å². The van der Waals surface area contributed by atoms with E-state index < -0.39 is 12.0 Å². The van der Waals surface area contributed by atoms with Gasteiger partial charge < -0.3 is 14.7 Å². The monoisotopic (exact) mass is 249 g/mol. The SMILES string of the molecule is CB(O)N1CCN(c2ccc([N+](=O)[O-])cc2)CC1. The standard InChI is InChI=1S/C11H16BN3O3/c1-12(16)14-8-6-13(7-9-14)10-2-4-11(5-3-10)15(17)18/h2-5,16H,6-9H2,1H3. The number of nitro benzene ring substituents is 1. The second kappa shape index (κ2) is 5.37. The number of non-ortho nitro benzene ring substituents is 1. The molecule has 0 saturated carbocycles. The minimum atomic E-state index is -0.413. The first-order valence-corrected chi connectivity index (χ1v) is 5.99. The van der Waals surface area contributed by atoms with Crippen LogP contribution < -0.4 is 4.90 Å². The smallest absolute Gasteiger partial charge is 0.376 e. The van der Waals surface area contributed by atoms with Gasteiger partial charge in [0.2, 0.25) is 0 Å². The first-order valence-electron chi connectivity index (χ1n) is 5.99. The van der Waals surface area contributed by atoms with E-state index in [2.05, 4.69) is 4.90 Å². The molecule has 1 N–H and O–H groups in total. The number of benzene rings is 1. The third kappa shape index (κ3) is 2.80. The number of hydrogen-bond acceptors (Lipinski definition) is 5. The average molecular weight is 249 g/mol. The molecule has 1 aromatic carbocycles. The molecule has 1 heterocycles. The van der Waals surface area contributed by atoms with Crippen LogP contribution in [0.1, 0.15) is 0 Å². The number of anilines is 1. The van der Waals surface area contributed by atoms with Crippen LogP contribution in [-0.2, 0) is 0 Å². The molecule has 0 radical (unpaired) electrons. The summed E-state index contributed by atoms with van der Waals surface area (Å²) in [4.78, 5) is 14.3. The Kier molecular flexibility index (Phi) is 3.83. The van der Waals surface area contributed by atoms with Gasteiger partial charge in [0.15, 0.2) is 0 Å². The molecule has 0 unspecified atom stereocenters. The van der Waals surface area contributed by atoms with Gasteiger partial charge >= 0.3 is 7.05 Å². The number of nitrogens with zero attached hydrogens (tertiary/aromatic N) is 3. The summed E-state index contributed by atoms with van der Waals surface area (Å²) in [5.41, 5.74) is 1.10. The molecule has 0 amide bonds. The van der Waals surface area contributed by atoms with Crippen LogP contribution in [0.15, 0.2) is 24.3 Å². The summed E-state index contributed by atoms with van der Waals surface area (Å²) in [7, 11) is -0.413. The summed E-state index contributed by atoms with van der Waals surface area (Å²) in [6, 6.07) is 6.60. The molecule has 0 atom stereocenters. The molecular weight excluding hydrogens is 233 g/mol. The Hall–Kier alpha value is -1.60. The molecule has 0 aliphatic carbocycles. The van der Waals surface area contributed by atoms with Gasteiger partial charge in [-0.05, 0) is 19.0 Å². The molecule has 1 aliphatic heterocycles. The van der Waals surface area contributed by atoms with Crippen molar-refractivity contribution in [3.8, 4) is 0 Å². The lowest BCUT2D eigenvalue weighted by molar-refractivity contribution is -0.384. The van der Waals surface area contributed by atoms with Crippen molar-refractivity contribution in [2.45, 2.75) is 6.82 Å². The van der Waals surface area contributed by atoms with Gasteiger partial charge in [-0.15, -0.1) is 0 Å². The molecule has 0 bridgehead atoms. The molecule has 2 rings (SSSR count). The predicted molar refractivity (Wildman–Crippen MR) is 70.7 cm³/mol. The Morgan fingerprint density at radius 3 is 2.22 bits per heavy atom. The summed E-state index contributed by atoms with van der Waals surface area (Å²) >= 11 is 0. The molecule has 7 heteroatoms. The third-order valence-electron chi connectivity index (χ3n) is 3.27. The second-order valence-electron chi connectivity index (χ2n) is 4.43. The van der Waals surface area contributed by atoms with Crippen LogP contribution >= 0.6 is 0 Å². The van der Waals surface area contributed by atoms with Crippen LogP contribution in [0.25, 0.3) is 0 Å². The van der Waals surface area contributed by atoms with E-state index in [9.17, 15) is 15.1 Å². The van der Waals surface area contributed by atoms with Gasteiger partial charge in [0.05, 0.1) is 4.92 Å². The molecule has 0 spiro atoms. The van der Waals surface area contributed by atoms with E-state index in [-0.39, 0.29) is 5.69 Å². The highest BCUT2D eigenvalue weighted by atomic mass is 16.6. The van der Waals surface area contributed by atoms with Gasteiger partial charge in [0.25, 0.3) is 5.69 Å². The van der Waals surface area contributed by atoms with E-state index in [0.29, 0.717) is 0 Å². The lowest BCUT2D eigenvalue weighted by Gasteiger charge is -2.36. The summed E-state index contributed by atoms with van der Waals surface area (Å²) in [6.45, 7) is 5.01. The second-order valence-corrected chi connectivity index (χ2v) is 4.43. The zero-order chi connectivity index (χ0) is 13.1. The highest BCUT2D eigenvalue weighted by Crippen LogP contribution is 2.20. The largest absolute Gasteiger partial charge is 0.437 e. The van der Waals surface area contributed by atoms with Gasteiger partial charge in [-0.1, -0.05) is 0 Å². The van der Waals surface area contributed by atoms with Crippen LogP contribution in [0.3, 0.4) is 0 Å². The maximum absolute atomic E-state index is 10.6. The molecule has 1 aromatic rings. The number of piperazine rings is 1. The molecule has 1 aliphatic rings.